The molecule has 3 aromatic carbocycles. The fraction of sp³-hybridized carbons (Fsp3) is 0.217. The number of methoxy groups -OCH3 is 1. The smallest absolute Gasteiger partial charge is 0.161 e. The fourth-order valence-corrected chi connectivity index (χ4v) is 2.89. The zero-order chi connectivity index (χ0) is 18.9. The molecule has 0 bridgehead atoms. The van der Waals surface area contributed by atoms with Crippen molar-refractivity contribution in [1.82, 2.24) is 0 Å². The van der Waals surface area contributed by atoms with E-state index in [1.54, 1.807) is 7.11 Å². The molecule has 0 heterocycles. The molecule has 3 rings (SSSR count). The Bertz CT molecular complexity index is 849. The van der Waals surface area contributed by atoms with E-state index in [-0.39, 0.29) is 0 Å². The highest BCUT2D eigenvalue weighted by atomic mass is 35.5. The number of halogens is 1. The first-order chi connectivity index (χ1) is 13.3. The van der Waals surface area contributed by atoms with Gasteiger partial charge in [0.25, 0.3) is 0 Å². The maximum absolute atomic E-state index is 5.89. The van der Waals surface area contributed by atoms with E-state index in [0.29, 0.717) is 24.8 Å². The molecule has 0 N–H and O–H groups in total. The van der Waals surface area contributed by atoms with Crippen LogP contribution in [0.25, 0.3) is 0 Å². The molecule has 0 aromatic heterocycles. The van der Waals surface area contributed by atoms with E-state index in [0.717, 1.165) is 34.6 Å². The van der Waals surface area contributed by atoms with Crippen molar-refractivity contribution in [3.63, 3.8) is 0 Å². The van der Waals surface area contributed by atoms with Crippen molar-refractivity contribution in [2.75, 3.05) is 13.7 Å². The first kappa shape index (κ1) is 19.1. The van der Waals surface area contributed by atoms with Crippen LogP contribution in [0.5, 0.6) is 17.2 Å². The van der Waals surface area contributed by atoms with Gasteiger partial charge in [0.2, 0.25) is 0 Å². The molecule has 0 amide bonds. The van der Waals surface area contributed by atoms with Crippen LogP contribution in [0.2, 0.25) is 0 Å². The topological polar surface area (TPSA) is 27.7 Å². The Morgan fingerprint density at radius 2 is 1.56 bits per heavy atom. The molecule has 0 aliphatic carbocycles. The maximum atomic E-state index is 5.89. The molecular formula is C23H23ClO3. The van der Waals surface area contributed by atoms with Gasteiger partial charge in [0.15, 0.2) is 11.5 Å². The van der Waals surface area contributed by atoms with Gasteiger partial charge in [-0.15, -0.1) is 11.6 Å². The van der Waals surface area contributed by atoms with Gasteiger partial charge in [-0.3, -0.25) is 0 Å². The quantitative estimate of drug-likeness (QED) is 0.448. The molecule has 0 aliphatic rings. The Hall–Kier alpha value is -2.65. The second kappa shape index (κ2) is 9.89. The minimum Gasteiger partial charge on any atom is -0.493 e. The maximum Gasteiger partial charge on any atom is 0.161 e. The van der Waals surface area contributed by atoms with E-state index in [9.17, 15) is 0 Å². The summed E-state index contributed by atoms with van der Waals surface area (Å²) in [5.74, 6) is 2.74. The first-order valence-electron chi connectivity index (χ1n) is 8.90. The lowest BCUT2D eigenvalue weighted by atomic mass is 10.1. The van der Waals surface area contributed by atoms with Crippen molar-refractivity contribution in [3.8, 4) is 17.2 Å². The van der Waals surface area contributed by atoms with Gasteiger partial charge in [-0.05, 0) is 41.0 Å². The molecule has 0 saturated heterocycles. The largest absolute Gasteiger partial charge is 0.493 e. The van der Waals surface area contributed by atoms with Gasteiger partial charge in [0, 0.05) is 12.3 Å². The Morgan fingerprint density at radius 1 is 0.741 bits per heavy atom. The predicted octanol–water partition coefficient (Wildman–Crippen LogP) is 5.63. The zero-order valence-electron chi connectivity index (χ0n) is 15.4. The van der Waals surface area contributed by atoms with E-state index in [1.165, 1.54) is 0 Å². The summed E-state index contributed by atoms with van der Waals surface area (Å²) in [5.41, 5.74) is 3.32. The summed E-state index contributed by atoms with van der Waals surface area (Å²) >= 11 is 5.86. The summed E-state index contributed by atoms with van der Waals surface area (Å²) in [6.45, 7) is 1.11. The molecule has 0 aliphatic heterocycles. The van der Waals surface area contributed by atoms with Crippen LogP contribution >= 0.6 is 11.6 Å². The molecule has 0 fully saturated rings. The molecule has 4 heteroatoms. The van der Waals surface area contributed by atoms with E-state index in [2.05, 4.69) is 24.3 Å². The number of alkyl halides is 1. The summed E-state index contributed by atoms with van der Waals surface area (Å²) in [6.07, 6.45) is 0.781. The summed E-state index contributed by atoms with van der Waals surface area (Å²) in [7, 11) is 1.63. The van der Waals surface area contributed by atoms with Crippen molar-refractivity contribution in [1.29, 1.82) is 0 Å². The van der Waals surface area contributed by atoms with Crippen LogP contribution in [0.4, 0.5) is 0 Å². The highest BCUT2D eigenvalue weighted by Crippen LogP contribution is 2.29. The first-order valence-corrected chi connectivity index (χ1v) is 9.43. The van der Waals surface area contributed by atoms with Crippen LogP contribution in [-0.2, 0) is 18.9 Å². The third-order valence-electron chi connectivity index (χ3n) is 4.18. The van der Waals surface area contributed by atoms with Gasteiger partial charge in [0.05, 0.1) is 13.7 Å². The standard InChI is InChI=1S/C23H23ClO3/c1-25-23-15-20(16-24)10-11-22(23)26-13-12-18-8-5-9-21(14-18)27-17-19-6-3-2-4-7-19/h2-11,14-15H,12-13,16-17H2,1H3. The van der Waals surface area contributed by atoms with Gasteiger partial charge >= 0.3 is 0 Å². The zero-order valence-corrected chi connectivity index (χ0v) is 16.1. The lowest BCUT2D eigenvalue weighted by Crippen LogP contribution is -2.03. The minimum atomic E-state index is 0.451. The Balaban J connectivity index is 1.54. The molecule has 3 aromatic rings. The number of benzene rings is 3. The molecule has 0 spiro atoms. The van der Waals surface area contributed by atoms with E-state index >= 15 is 0 Å². The Labute approximate surface area is 165 Å². The average Bonchev–Trinajstić information content (AvgIpc) is 2.73. The van der Waals surface area contributed by atoms with Gasteiger partial charge in [-0.1, -0.05) is 48.5 Å². The molecule has 27 heavy (non-hydrogen) atoms. The molecule has 3 nitrogen and oxygen atoms in total. The van der Waals surface area contributed by atoms with Gasteiger partial charge < -0.3 is 14.2 Å². The Morgan fingerprint density at radius 3 is 2.33 bits per heavy atom. The van der Waals surface area contributed by atoms with Crippen LogP contribution in [0, 0.1) is 0 Å². The average molecular weight is 383 g/mol. The third kappa shape index (κ3) is 5.66. The summed E-state index contributed by atoms with van der Waals surface area (Å²) < 4.78 is 17.2. The minimum absolute atomic E-state index is 0.451. The highest BCUT2D eigenvalue weighted by Gasteiger charge is 2.06. The second-order valence-corrected chi connectivity index (χ2v) is 6.41. The summed E-state index contributed by atoms with van der Waals surface area (Å²) in [4.78, 5) is 0. The van der Waals surface area contributed by atoms with Gasteiger partial charge in [-0.25, -0.2) is 0 Å². The SMILES string of the molecule is COc1cc(CCl)ccc1OCCc1cccc(OCc2ccccc2)c1. The summed E-state index contributed by atoms with van der Waals surface area (Å²) in [6, 6.07) is 24.0. The Kier molecular flexibility index (Phi) is 7.00. The molecule has 0 atom stereocenters. The van der Waals surface area contributed by atoms with Crippen molar-refractivity contribution in [3.05, 3.63) is 89.5 Å². The number of hydrogen-bond donors (Lipinski definition) is 0. The molecule has 0 saturated carbocycles. The number of rotatable bonds is 9. The van der Waals surface area contributed by atoms with Crippen LogP contribution in [0.3, 0.4) is 0 Å². The fourth-order valence-electron chi connectivity index (χ4n) is 2.72. The van der Waals surface area contributed by atoms with Gasteiger partial charge in [0.1, 0.15) is 12.4 Å². The van der Waals surface area contributed by atoms with E-state index < -0.39 is 0 Å². The second-order valence-electron chi connectivity index (χ2n) is 6.14. The lowest BCUT2D eigenvalue weighted by Gasteiger charge is -2.12. The van der Waals surface area contributed by atoms with Crippen molar-refractivity contribution in [2.24, 2.45) is 0 Å². The van der Waals surface area contributed by atoms with E-state index in [1.807, 2.05) is 48.5 Å². The predicted molar refractivity (Wildman–Crippen MR) is 109 cm³/mol. The van der Waals surface area contributed by atoms with Crippen molar-refractivity contribution < 1.29 is 14.2 Å². The molecule has 140 valence electrons. The van der Waals surface area contributed by atoms with E-state index in [4.69, 9.17) is 25.8 Å². The normalized spacial score (nSPS) is 10.4. The summed E-state index contributed by atoms with van der Waals surface area (Å²) in [5, 5.41) is 0. The highest BCUT2D eigenvalue weighted by molar-refractivity contribution is 6.17. The van der Waals surface area contributed by atoms with Crippen LogP contribution < -0.4 is 14.2 Å². The molecule has 0 unspecified atom stereocenters. The molecule has 0 radical (unpaired) electrons. The lowest BCUT2D eigenvalue weighted by molar-refractivity contribution is 0.295. The molecular weight excluding hydrogens is 360 g/mol. The number of ether oxygens (including phenoxy) is 3. The van der Waals surface area contributed by atoms with Crippen molar-refractivity contribution >= 4 is 11.6 Å². The van der Waals surface area contributed by atoms with Crippen LogP contribution in [-0.4, -0.2) is 13.7 Å². The van der Waals surface area contributed by atoms with Crippen LogP contribution in [0.1, 0.15) is 16.7 Å². The van der Waals surface area contributed by atoms with Crippen LogP contribution in [0.15, 0.2) is 72.8 Å². The monoisotopic (exact) mass is 382 g/mol. The van der Waals surface area contributed by atoms with Crippen molar-refractivity contribution in [2.45, 2.75) is 18.9 Å². The third-order valence-corrected chi connectivity index (χ3v) is 4.49. The number of hydrogen-bond acceptors (Lipinski definition) is 3. The van der Waals surface area contributed by atoms with Gasteiger partial charge in [-0.2, -0.15) is 0 Å².